The lowest BCUT2D eigenvalue weighted by atomic mass is 10.1. The minimum Gasteiger partial charge on any atom is -0.444 e. The Morgan fingerprint density at radius 1 is 1.47 bits per heavy atom. The van der Waals surface area contributed by atoms with Crippen molar-refractivity contribution in [1.82, 2.24) is 0 Å². The van der Waals surface area contributed by atoms with Crippen LogP contribution >= 0.6 is 0 Å². The summed E-state index contributed by atoms with van der Waals surface area (Å²) in [5.41, 5.74) is 1.48. The molecule has 1 aliphatic heterocycles. The molecule has 1 N–H and O–H groups in total. The highest BCUT2D eigenvalue weighted by Crippen LogP contribution is 2.19. The highest BCUT2D eigenvalue weighted by molar-refractivity contribution is 5.84. The molecule has 1 saturated heterocycles. The van der Waals surface area contributed by atoms with Gasteiger partial charge in [-0.15, -0.1) is 0 Å². The van der Waals surface area contributed by atoms with Crippen LogP contribution in [-0.4, -0.2) is 24.4 Å². The Morgan fingerprint density at radius 3 is 2.84 bits per heavy atom. The van der Waals surface area contributed by atoms with E-state index in [2.05, 4.69) is 11.4 Å². The molecule has 1 amide bonds. The molecule has 19 heavy (non-hydrogen) atoms. The minimum atomic E-state index is -0.481. The van der Waals surface area contributed by atoms with Gasteiger partial charge in [0.1, 0.15) is 5.60 Å². The predicted octanol–water partition coefficient (Wildman–Crippen LogP) is 3.37. The van der Waals surface area contributed by atoms with Gasteiger partial charge in [-0.05, 0) is 51.3 Å². The van der Waals surface area contributed by atoms with E-state index in [1.54, 1.807) is 0 Å². The summed E-state index contributed by atoms with van der Waals surface area (Å²) in [6, 6.07) is 7.84. The van der Waals surface area contributed by atoms with Crippen molar-refractivity contribution in [2.24, 2.45) is 0 Å². The quantitative estimate of drug-likeness (QED) is 0.847. The Hall–Kier alpha value is -1.55. The number of rotatable bonds is 4. The van der Waals surface area contributed by atoms with Crippen molar-refractivity contribution >= 4 is 11.8 Å². The van der Waals surface area contributed by atoms with Crippen LogP contribution in [0.1, 0.15) is 32.8 Å². The van der Waals surface area contributed by atoms with Crippen LogP contribution in [0.2, 0.25) is 0 Å². The fourth-order valence-electron chi connectivity index (χ4n) is 1.79. The van der Waals surface area contributed by atoms with E-state index in [4.69, 9.17) is 9.47 Å². The lowest BCUT2D eigenvalue weighted by molar-refractivity contribution is 0.0636. The number of carbonyl (C=O) groups is 1. The van der Waals surface area contributed by atoms with Crippen LogP contribution in [0.15, 0.2) is 24.3 Å². The first-order valence-electron chi connectivity index (χ1n) is 6.63. The smallest absolute Gasteiger partial charge is 0.412 e. The lowest BCUT2D eigenvalue weighted by Gasteiger charge is -2.19. The van der Waals surface area contributed by atoms with Crippen molar-refractivity contribution in [3.63, 3.8) is 0 Å². The molecule has 0 radical (unpaired) electrons. The first-order chi connectivity index (χ1) is 8.92. The van der Waals surface area contributed by atoms with Gasteiger partial charge in [0.15, 0.2) is 0 Å². The third kappa shape index (κ3) is 5.30. The van der Waals surface area contributed by atoms with Crippen LogP contribution in [0.5, 0.6) is 0 Å². The molecule has 0 bridgehead atoms. The van der Waals surface area contributed by atoms with Gasteiger partial charge in [0.05, 0.1) is 12.7 Å². The largest absolute Gasteiger partial charge is 0.444 e. The molecule has 1 aliphatic rings. The molecule has 104 valence electrons. The summed E-state index contributed by atoms with van der Waals surface area (Å²) in [4.78, 5) is 11.7. The second kappa shape index (κ2) is 5.61. The standard InChI is InChI=1S/C15H21NO3/c1-15(2,3)19-14(17)16-12-6-4-5-11(9-12)7-8-13-10-18-13/h4-6,9,13H,7-8,10H2,1-3H3,(H,16,17)/t13-/m1/s1. The van der Waals surface area contributed by atoms with Crippen molar-refractivity contribution in [3.8, 4) is 0 Å². The predicted molar refractivity (Wildman–Crippen MR) is 74.4 cm³/mol. The van der Waals surface area contributed by atoms with Gasteiger partial charge in [-0.25, -0.2) is 4.79 Å². The number of hydrogen-bond acceptors (Lipinski definition) is 3. The third-order valence-electron chi connectivity index (χ3n) is 2.73. The molecule has 0 saturated carbocycles. The molecule has 4 heteroatoms. The second-order valence-corrected chi connectivity index (χ2v) is 5.82. The highest BCUT2D eigenvalue weighted by atomic mass is 16.6. The van der Waals surface area contributed by atoms with Crippen molar-refractivity contribution in [2.45, 2.75) is 45.3 Å². The van der Waals surface area contributed by atoms with Crippen LogP contribution < -0.4 is 5.32 Å². The van der Waals surface area contributed by atoms with Gasteiger partial charge in [0.25, 0.3) is 0 Å². The number of amides is 1. The van der Waals surface area contributed by atoms with Gasteiger partial charge in [-0.1, -0.05) is 12.1 Å². The maximum absolute atomic E-state index is 11.7. The zero-order chi connectivity index (χ0) is 13.9. The molecule has 0 spiro atoms. The molecule has 2 rings (SSSR count). The van der Waals surface area contributed by atoms with Crippen LogP contribution in [0.25, 0.3) is 0 Å². The SMILES string of the molecule is CC(C)(C)OC(=O)Nc1cccc(CC[C@@H]2CO2)c1. The van der Waals surface area contributed by atoms with Crippen LogP contribution in [-0.2, 0) is 15.9 Å². The number of benzene rings is 1. The summed E-state index contributed by atoms with van der Waals surface area (Å²) in [7, 11) is 0. The molecular formula is C15H21NO3. The topological polar surface area (TPSA) is 50.9 Å². The van der Waals surface area contributed by atoms with Gasteiger partial charge in [0, 0.05) is 5.69 Å². The van der Waals surface area contributed by atoms with Gasteiger partial charge < -0.3 is 9.47 Å². The fraction of sp³-hybridized carbons (Fsp3) is 0.533. The van der Waals surface area contributed by atoms with Crippen molar-refractivity contribution < 1.29 is 14.3 Å². The van der Waals surface area contributed by atoms with Gasteiger partial charge in [-0.3, -0.25) is 5.32 Å². The number of ether oxygens (including phenoxy) is 2. The summed E-state index contributed by atoms with van der Waals surface area (Å²) in [6.45, 7) is 6.42. The molecule has 1 aromatic rings. The van der Waals surface area contributed by atoms with Crippen LogP contribution in [0.3, 0.4) is 0 Å². The van der Waals surface area contributed by atoms with E-state index in [1.165, 1.54) is 5.56 Å². The number of anilines is 1. The molecule has 1 aromatic carbocycles. The van der Waals surface area contributed by atoms with Crippen LogP contribution in [0, 0.1) is 0 Å². The van der Waals surface area contributed by atoms with Gasteiger partial charge in [-0.2, -0.15) is 0 Å². The summed E-state index contributed by atoms with van der Waals surface area (Å²) in [6.07, 6.45) is 2.02. The monoisotopic (exact) mass is 263 g/mol. The molecular weight excluding hydrogens is 242 g/mol. The van der Waals surface area contributed by atoms with E-state index >= 15 is 0 Å². The van der Waals surface area contributed by atoms with Crippen molar-refractivity contribution in [3.05, 3.63) is 29.8 Å². The highest BCUT2D eigenvalue weighted by Gasteiger charge is 2.21. The molecule has 4 nitrogen and oxygen atoms in total. The number of epoxide rings is 1. The number of aryl methyl sites for hydroxylation is 1. The van der Waals surface area contributed by atoms with Crippen molar-refractivity contribution in [1.29, 1.82) is 0 Å². The molecule has 1 heterocycles. The average Bonchev–Trinajstić information content (AvgIpc) is 3.07. The van der Waals surface area contributed by atoms with Gasteiger partial charge >= 0.3 is 6.09 Å². The molecule has 0 aliphatic carbocycles. The summed E-state index contributed by atoms with van der Waals surface area (Å²) in [5.74, 6) is 0. The zero-order valence-corrected chi connectivity index (χ0v) is 11.7. The Morgan fingerprint density at radius 2 is 2.21 bits per heavy atom. The molecule has 0 unspecified atom stereocenters. The minimum absolute atomic E-state index is 0.421. The first-order valence-corrected chi connectivity index (χ1v) is 6.63. The van der Waals surface area contributed by atoms with E-state index in [9.17, 15) is 4.79 Å². The first kappa shape index (κ1) is 13.9. The maximum Gasteiger partial charge on any atom is 0.412 e. The summed E-state index contributed by atoms with van der Waals surface area (Å²) >= 11 is 0. The van der Waals surface area contributed by atoms with E-state index in [1.807, 2.05) is 39.0 Å². The normalized spacial score (nSPS) is 17.9. The fourth-order valence-corrected chi connectivity index (χ4v) is 1.79. The number of carbonyl (C=O) groups excluding carboxylic acids is 1. The molecule has 1 fully saturated rings. The molecule has 0 aromatic heterocycles. The molecule has 1 atom stereocenters. The van der Waals surface area contributed by atoms with E-state index < -0.39 is 11.7 Å². The summed E-state index contributed by atoms with van der Waals surface area (Å²) in [5, 5.41) is 2.75. The Balaban J connectivity index is 1.88. The third-order valence-corrected chi connectivity index (χ3v) is 2.73. The van der Waals surface area contributed by atoms with E-state index in [0.717, 1.165) is 25.1 Å². The number of hydrogen-bond donors (Lipinski definition) is 1. The second-order valence-electron chi connectivity index (χ2n) is 5.82. The Labute approximate surface area is 114 Å². The van der Waals surface area contributed by atoms with Crippen LogP contribution in [0.4, 0.5) is 10.5 Å². The Bertz CT molecular complexity index is 447. The van der Waals surface area contributed by atoms with Gasteiger partial charge in [0.2, 0.25) is 0 Å². The zero-order valence-electron chi connectivity index (χ0n) is 11.7. The van der Waals surface area contributed by atoms with E-state index in [0.29, 0.717) is 6.10 Å². The Kier molecular flexibility index (Phi) is 4.10. The maximum atomic E-state index is 11.7. The lowest BCUT2D eigenvalue weighted by Crippen LogP contribution is -2.27. The summed E-state index contributed by atoms with van der Waals surface area (Å²) < 4.78 is 10.4. The number of nitrogens with one attached hydrogen (secondary N) is 1. The average molecular weight is 263 g/mol. The van der Waals surface area contributed by atoms with E-state index in [-0.39, 0.29) is 0 Å². The van der Waals surface area contributed by atoms with Crippen molar-refractivity contribution in [2.75, 3.05) is 11.9 Å².